The quantitative estimate of drug-likeness (QED) is 0.533. The van der Waals surface area contributed by atoms with E-state index in [1.165, 1.54) is 0 Å². The molecule has 0 unspecified atom stereocenters. The molecular weight excluding hydrogens is 142 g/mol. The van der Waals surface area contributed by atoms with E-state index in [0.717, 1.165) is 5.57 Å². The fourth-order valence-electron chi connectivity index (χ4n) is 0.687. The van der Waals surface area contributed by atoms with Gasteiger partial charge in [-0.1, -0.05) is 0 Å². The van der Waals surface area contributed by atoms with Crippen molar-refractivity contribution in [1.29, 1.82) is 0 Å². The Bertz CT molecular complexity index is 218. The first-order valence-electron chi connectivity index (χ1n) is 3.37. The largest absolute Gasteiger partial charge is 0.493 e. The highest BCUT2D eigenvalue weighted by atomic mass is 16.3. The number of nitrogens with one attached hydrogen (secondary N) is 1. The molecule has 0 fully saturated rings. The van der Waals surface area contributed by atoms with E-state index in [9.17, 15) is 5.11 Å². The molecule has 11 heavy (non-hydrogen) atoms. The lowest BCUT2D eigenvalue weighted by molar-refractivity contribution is 0.392. The van der Waals surface area contributed by atoms with Crippen LogP contribution in [-0.2, 0) is 0 Å². The van der Waals surface area contributed by atoms with Crippen LogP contribution in [0.4, 0.5) is 0 Å². The summed E-state index contributed by atoms with van der Waals surface area (Å²) in [4.78, 5) is 5.69. The van der Waals surface area contributed by atoms with Gasteiger partial charge < -0.3 is 15.3 Å². The maximum atomic E-state index is 9.19. The van der Waals surface area contributed by atoms with Gasteiger partial charge in [-0.3, -0.25) is 0 Å². The van der Waals surface area contributed by atoms with Gasteiger partial charge >= 0.3 is 0 Å². The van der Waals surface area contributed by atoms with E-state index in [4.69, 9.17) is 0 Å². The highest BCUT2D eigenvalue weighted by Crippen LogP contribution is 2.08. The van der Waals surface area contributed by atoms with Gasteiger partial charge in [-0.2, -0.15) is 4.99 Å². The molecule has 4 nitrogen and oxygen atoms in total. The number of aliphatic imine (C=N–C) groups is 1. The van der Waals surface area contributed by atoms with Crippen LogP contribution in [0.3, 0.4) is 0 Å². The van der Waals surface area contributed by atoms with Crippen molar-refractivity contribution in [3.63, 3.8) is 0 Å². The lowest BCUT2D eigenvalue weighted by Gasteiger charge is -2.20. The van der Waals surface area contributed by atoms with Crippen molar-refractivity contribution in [2.24, 2.45) is 4.99 Å². The Balaban J connectivity index is 2.81. The van der Waals surface area contributed by atoms with Crippen LogP contribution in [0.1, 0.15) is 6.92 Å². The molecule has 1 heterocycles. The van der Waals surface area contributed by atoms with Crippen molar-refractivity contribution in [3.05, 3.63) is 18.0 Å². The zero-order chi connectivity index (χ0) is 8.43. The van der Waals surface area contributed by atoms with Crippen LogP contribution in [0.25, 0.3) is 0 Å². The number of hydrogen-bond donors (Lipinski definition) is 2. The van der Waals surface area contributed by atoms with Gasteiger partial charge in [0.1, 0.15) is 0 Å². The Morgan fingerprint density at radius 2 is 2.18 bits per heavy atom. The van der Waals surface area contributed by atoms with E-state index >= 15 is 0 Å². The molecule has 61 valence electrons. The second-order valence-electron chi connectivity index (χ2n) is 2.63. The molecule has 1 aliphatic rings. The first-order valence-corrected chi connectivity index (χ1v) is 3.37. The molecule has 1 aliphatic heterocycles. The van der Waals surface area contributed by atoms with Crippen LogP contribution in [0, 0.1) is 6.54 Å². The van der Waals surface area contributed by atoms with Crippen molar-refractivity contribution in [1.82, 2.24) is 10.2 Å². The number of nitrogens with zero attached hydrogens (tertiary/aromatic N) is 2. The molecule has 1 radical (unpaired) electrons. The molecule has 0 amide bonds. The summed E-state index contributed by atoms with van der Waals surface area (Å²) in [7, 11) is 3.71. The minimum absolute atomic E-state index is 0.0763. The minimum atomic E-state index is 0.0763. The fraction of sp³-hybridized carbons (Fsp3) is 0.429. The zero-order valence-corrected chi connectivity index (χ0v) is 6.92. The molecule has 0 bridgehead atoms. The molecule has 0 aromatic rings. The summed E-state index contributed by atoms with van der Waals surface area (Å²) in [6.45, 7) is 3.51. The highest BCUT2D eigenvalue weighted by molar-refractivity contribution is 5.82. The standard InChI is InChI=1S/C7H12N3O/c1-5-4-8-7(10(2)3)9-6(5)11/h4,11H,1-3H3,(H,8,9). The van der Waals surface area contributed by atoms with Crippen LogP contribution in [0.5, 0.6) is 0 Å². The van der Waals surface area contributed by atoms with Crippen molar-refractivity contribution >= 4 is 5.96 Å². The second kappa shape index (κ2) is 2.82. The SMILES string of the molecule is CC1=C(O)N=C(N(C)C)N[CH]1. The molecule has 0 saturated carbocycles. The van der Waals surface area contributed by atoms with Gasteiger partial charge in [0.2, 0.25) is 11.8 Å². The van der Waals surface area contributed by atoms with Crippen LogP contribution in [0.15, 0.2) is 16.4 Å². The van der Waals surface area contributed by atoms with Gasteiger partial charge in [0.05, 0.1) is 6.54 Å². The molecule has 0 atom stereocenters. The van der Waals surface area contributed by atoms with Crippen LogP contribution in [0.2, 0.25) is 0 Å². The Labute approximate surface area is 66.2 Å². The van der Waals surface area contributed by atoms with Crippen LogP contribution >= 0.6 is 0 Å². The van der Waals surface area contributed by atoms with E-state index in [2.05, 4.69) is 10.3 Å². The normalized spacial score (nSPS) is 17.5. The topological polar surface area (TPSA) is 47.9 Å². The van der Waals surface area contributed by atoms with Gasteiger partial charge in [0.25, 0.3) is 0 Å². The Morgan fingerprint density at radius 1 is 1.55 bits per heavy atom. The molecule has 2 N–H and O–H groups in total. The summed E-state index contributed by atoms with van der Waals surface area (Å²) >= 11 is 0. The molecule has 0 aliphatic carbocycles. The Hall–Kier alpha value is -1.19. The summed E-state index contributed by atoms with van der Waals surface area (Å²) in [5.74, 6) is 0.723. The molecule has 0 spiro atoms. The fourth-order valence-corrected chi connectivity index (χ4v) is 0.687. The van der Waals surface area contributed by atoms with E-state index in [0.29, 0.717) is 5.96 Å². The minimum Gasteiger partial charge on any atom is -0.493 e. The number of hydrogen-bond acceptors (Lipinski definition) is 4. The van der Waals surface area contributed by atoms with E-state index < -0.39 is 0 Å². The van der Waals surface area contributed by atoms with E-state index in [1.807, 2.05) is 14.1 Å². The van der Waals surface area contributed by atoms with Crippen molar-refractivity contribution in [2.45, 2.75) is 6.92 Å². The maximum Gasteiger partial charge on any atom is 0.215 e. The third-order valence-electron chi connectivity index (χ3n) is 1.41. The molecule has 0 aromatic heterocycles. The molecule has 0 aromatic carbocycles. The monoisotopic (exact) mass is 154 g/mol. The molecular formula is C7H12N3O. The van der Waals surface area contributed by atoms with Gasteiger partial charge in [0.15, 0.2) is 0 Å². The molecule has 0 saturated heterocycles. The van der Waals surface area contributed by atoms with Gasteiger partial charge in [-0.05, 0) is 6.92 Å². The number of rotatable bonds is 0. The lowest BCUT2D eigenvalue weighted by Crippen LogP contribution is -2.37. The van der Waals surface area contributed by atoms with E-state index in [-0.39, 0.29) is 5.88 Å². The third kappa shape index (κ3) is 1.63. The van der Waals surface area contributed by atoms with Gasteiger partial charge in [-0.25, -0.2) is 0 Å². The number of guanidine groups is 1. The highest BCUT2D eigenvalue weighted by Gasteiger charge is 2.11. The van der Waals surface area contributed by atoms with Crippen molar-refractivity contribution in [2.75, 3.05) is 14.1 Å². The average molecular weight is 154 g/mol. The van der Waals surface area contributed by atoms with Gasteiger partial charge in [-0.15, -0.1) is 0 Å². The summed E-state index contributed by atoms with van der Waals surface area (Å²) in [6, 6.07) is 0. The summed E-state index contributed by atoms with van der Waals surface area (Å²) in [5.41, 5.74) is 0.746. The number of aliphatic hydroxyl groups excluding tert-OH is 1. The Morgan fingerprint density at radius 3 is 2.64 bits per heavy atom. The summed E-state index contributed by atoms with van der Waals surface area (Å²) < 4.78 is 0. The average Bonchev–Trinajstić information content (AvgIpc) is 1.94. The van der Waals surface area contributed by atoms with Crippen LogP contribution < -0.4 is 5.32 Å². The first-order chi connectivity index (χ1) is 5.11. The predicted octanol–water partition coefficient (Wildman–Crippen LogP) is 0.458. The van der Waals surface area contributed by atoms with E-state index in [1.54, 1.807) is 18.4 Å². The zero-order valence-electron chi connectivity index (χ0n) is 6.92. The van der Waals surface area contributed by atoms with Crippen molar-refractivity contribution in [3.8, 4) is 0 Å². The van der Waals surface area contributed by atoms with Gasteiger partial charge in [0, 0.05) is 19.7 Å². The van der Waals surface area contributed by atoms with Crippen molar-refractivity contribution < 1.29 is 5.11 Å². The molecule has 4 heteroatoms. The smallest absolute Gasteiger partial charge is 0.215 e. The number of aliphatic hydroxyl groups is 1. The lowest BCUT2D eigenvalue weighted by atomic mass is 10.3. The summed E-state index contributed by atoms with van der Waals surface area (Å²) in [6.07, 6.45) is 0. The third-order valence-corrected chi connectivity index (χ3v) is 1.41. The summed E-state index contributed by atoms with van der Waals surface area (Å²) in [5, 5.41) is 12.1. The van der Waals surface area contributed by atoms with Crippen LogP contribution in [-0.4, -0.2) is 30.1 Å². The first kappa shape index (κ1) is 7.91. The predicted molar refractivity (Wildman–Crippen MR) is 43.9 cm³/mol. The molecule has 1 rings (SSSR count). The maximum absolute atomic E-state index is 9.19. The second-order valence-corrected chi connectivity index (χ2v) is 2.63. The Kier molecular flexibility index (Phi) is 2.03.